The van der Waals surface area contributed by atoms with Crippen molar-refractivity contribution in [2.45, 2.75) is 51.9 Å². The summed E-state index contributed by atoms with van der Waals surface area (Å²) in [6.07, 6.45) is 18.1. The van der Waals surface area contributed by atoms with Crippen LogP contribution in [-0.4, -0.2) is 4.43 Å². The van der Waals surface area contributed by atoms with Crippen molar-refractivity contribution in [1.29, 1.82) is 0 Å². The van der Waals surface area contributed by atoms with Gasteiger partial charge in [-0.05, 0) is 30.1 Å². The Morgan fingerprint density at radius 3 is 2.07 bits per heavy atom. The highest BCUT2D eigenvalue weighted by Gasteiger charge is 1.83. The first kappa shape index (κ1) is 14.2. The largest absolute Gasteiger partial charge is 0.0864 e. The molecule has 0 aliphatic rings. The van der Waals surface area contributed by atoms with Gasteiger partial charge < -0.3 is 0 Å². The molecule has 0 aromatic rings. The molecule has 0 heterocycles. The minimum absolute atomic E-state index is 1.23. The Morgan fingerprint density at radius 1 is 0.857 bits per heavy atom. The maximum atomic E-state index is 2.45. The second-order valence-corrected chi connectivity index (χ2v) is 4.62. The molecule has 0 aliphatic carbocycles. The second-order valence-electron chi connectivity index (χ2n) is 3.54. The van der Waals surface area contributed by atoms with Crippen molar-refractivity contribution in [1.82, 2.24) is 0 Å². The Bertz CT molecular complexity index is 147. The SMILES string of the molecule is CCCC/C=C/C=C\CCCCCI. The fourth-order valence-corrected chi connectivity index (χ4v) is 1.74. The third kappa shape index (κ3) is 12.2. The van der Waals surface area contributed by atoms with Gasteiger partial charge in [-0.2, -0.15) is 0 Å². The highest BCUT2D eigenvalue weighted by atomic mass is 127. The lowest BCUT2D eigenvalue weighted by atomic mass is 10.2. The first-order valence-electron chi connectivity index (χ1n) is 5.79. The summed E-state index contributed by atoms with van der Waals surface area (Å²) in [5, 5.41) is 0. The van der Waals surface area contributed by atoms with Crippen molar-refractivity contribution >= 4 is 22.6 Å². The van der Waals surface area contributed by atoms with E-state index in [2.05, 4.69) is 53.8 Å². The number of hydrogen-bond donors (Lipinski definition) is 0. The van der Waals surface area contributed by atoms with Crippen LogP contribution in [0.1, 0.15) is 51.9 Å². The zero-order chi connectivity index (χ0) is 10.5. The molecule has 0 aromatic carbocycles. The lowest BCUT2D eigenvalue weighted by Gasteiger charge is -1.92. The van der Waals surface area contributed by atoms with Crippen LogP contribution in [0.4, 0.5) is 0 Å². The van der Waals surface area contributed by atoms with Gasteiger partial charge in [0.2, 0.25) is 0 Å². The molecule has 14 heavy (non-hydrogen) atoms. The minimum atomic E-state index is 1.23. The van der Waals surface area contributed by atoms with Gasteiger partial charge in [0.05, 0.1) is 0 Å². The molecular formula is C13H23I. The van der Waals surface area contributed by atoms with Crippen LogP contribution >= 0.6 is 22.6 Å². The summed E-state index contributed by atoms with van der Waals surface area (Å²) in [5.74, 6) is 0. The van der Waals surface area contributed by atoms with Crippen LogP contribution in [0.5, 0.6) is 0 Å². The Hall–Kier alpha value is 0.210. The smallest absolute Gasteiger partial charge is 0.000473 e. The highest BCUT2D eigenvalue weighted by molar-refractivity contribution is 14.1. The lowest BCUT2D eigenvalue weighted by molar-refractivity contribution is 0.739. The summed E-state index contributed by atoms with van der Waals surface area (Å²) in [6.45, 7) is 2.23. The number of unbranched alkanes of at least 4 members (excludes halogenated alkanes) is 5. The van der Waals surface area contributed by atoms with Gasteiger partial charge in [0.25, 0.3) is 0 Å². The molecule has 1 heteroatoms. The van der Waals surface area contributed by atoms with E-state index >= 15 is 0 Å². The monoisotopic (exact) mass is 306 g/mol. The molecule has 0 rings (SSSR count). The minimum Gasteiger partial charge on any atom is -0.0864 e. The first-order chi connectivity index (χ1) is 6.91. The zero-order valence-electron chi connectivity index (χ0n) is 9.34. The summed E-state index contributed by atoms with van der Waals surface area (Å²) in [6, 6.07) is 0. The van der Waals surface area contributed by atoms with Gasteiger partial charge >= 0.3 is 0 Å². The molecule has 0 amide bonds. The van der Waals surface area contributed by atoms with E-state index in [-0.39, 0.29) is 0 Å². The zero-order valence-corrected chi connectivity index (χ0v) is 11.5. The van der Waals surface area contributed by atoms with E-state index in [0.29, 0.717) is 0 Å². The van der Waals surface area contributed by atoms with Gasteiger partial charge in [0.1, 0.15) is 0 Å². The van der Waals surface area contributed by atoms with Crippen LogP contribution in [0.15, 0.2) is 24.3 Å². The molecule has 0 spiro atoms. The Morgan fingerprint density at radius 2 is 1.50 bits per heavy atom. The van der Waals surface area contributed by atoms with Crippen LogP contribution in [0.2, 0.25) is 0 Å². The number of hydrogen-bond acceptors (Lipinski definition) is 0. The van der Waals surface area contributed by atoms with Crippen molar-refractivity contribution in [2.75, 3.05) is 4.43 Å². The maximum absolute atomic E-state index is 2.45. The number of alkyl halides is 1. The van der Waals surface area contributed by atoms with Crippen molar-refractivity contribution in [3.8, 4) is 0 Å². The van der Waals surface area contributed by atoms with Crippen LogP contribution < -0.4 is 0 Å². The molecule has 0 aliphatic heterocycles. The standard InChI is InChI=1S/C13H23I/c1-2-3-4-5-6-7-8-9-10-11-12-13-14/h5-8H,2-4,9-13H2,1H3/b6-5+,8-7-. The third-order valence-corrected chi connectivity index (χ3v) is 2.87. The molecule has 0 saturated carbocycles. The van der Waals surface area contributed by atoms with E-state index in [1.165, 1.54) is 49.4 Å². The highest BCUT2D eigenvalue weighted by Crippen LogP contribution is 2.03. The molecule has 0 fully saturated rings. The number of halogens is 1. The van der Waals surface area contributed by atoms with Crippen LogP contribution in [0, 0.1) is 0 Å². The van der Waals surface area contributed by atoms with E-state index in [1.807, 2.05) is 0 Å². The third-order valence-electron chi connectivity index (χ3n) is 2.11. The summed E-state index contributed by atoms with van der Waals surface area (Å²) < 4.78 is 1.30. The van der Waals surface area contributed by atoms with Gasteiger partial charge in [-0.25, -0.2) is 0 Å². The predicted molar refractivity (Wildman–Crippen MR) is 75.2 cm³/mol. The molecule has 0 saturated heterocycles. The first-order valence-corrected chi connectivity index (χ1v) is 7.32. The predicted octanol–water partition coefficient (Wildman–Crippen LogP) is 5.28. The van der Waals surface area contributed by atoms with Gasteiger partial charge in [-0.15, -0.1) is 0 Å². The quantitative estimate of drug-likeness (QED) is 0.235. The lowest BCUT2D eigenvalue weighted by Crippen LogP contribution is -1.75. The van der Waals surface area contributed by atoms with E-state index in [0.717, 1.165) is 0 Å². The number of allylic oxidation sites excluding steroid dienone is 4. The Labute approximate surface area is 103 Å². The number of rotatable bonds is 9. The van der Waals surface area contributed by atoms with Crippen molar-refractivity contribution < 1.29 is 0 Å². The molecule has 0 unspecified atom stereocenters. The average Bonchev–Trinajstić information content (AvgIpc) is 2.21. The van der Waals surface area contributed by atoms with E-state index in [1.54, 1.807) is 0 Å². The summed E-state index contributed by atoms with van der Waals surface area (Å²) in [7, 11) is 0. The molecule has 0 bridgehead atoms. The van der Waals surface area contributed by atoms with Crippen LogP contribution in [-0.2, 0) is 0 Å². The van der Waals surface area contributed by atoms with Gasteiger partial charge in [0, 0.05) is 0 Å². The molecule has 82 valence electrons. The molecule has 0 N–H and O–H groups in total. The van der Waals surface area contributed by atoms with Gasteiger partial charge in [-0.1, -0.05) is 73.1 Å². The molecule has 0 nitrogen and oxygen atoms in total. The van der Waals surface area contributed by atoms with E-state index in [4.69, 9.17) is 0 Å². The topological polar surface area (TPSA) is 0 Å². The average molecular weight is 306 g/mol. The molecule has 0 aromatic heterocycles. The maximum Gasteiger partial charge on any atom is -0.000473 e. The molecule has 0 radical (unpaired) electrons. The fourth-order valence-electron chi connectivity index (χ4n) is 1.21. The van der Waals surface area contributed by atoms with Gasteiger partial charge in [-0.3, -0.25) is 0 Å². The Balaban J connectivity index is 3.14. The summed E-state index contributed by atoms with van der Waals surface area (Å²) in [4.78, 5) is 0. The Kier molecular flexibility index (Phi) is 13.4. The molecule has 0 atom stereocenters. The van der Waals surface area contributed by atoms with Crippen LogP contribution in [0.3, 0.4) is 0 Å². The second kappa shape index (κ2) is 13.2. The molecular weight excluding hydrogens is 283 g/mol. The summed E-state index contributed by atoms with van der Waals surface area (Å²) in [5.41, 5.74) is 0. The van der Waals surface area contributed by atoms with E-state index in [9.17, 15) is 0 Å². The van der Waals surface area contributed by atoms with E-state index < -0.39 is 0 Å². The van der Waals surface area contributed by atoms with Crippen molar-refractivity contribution in [3.05, 3.63) is 24.3 Å². The van der Waals surface area contributed by atoms with Crippen molar-refractivity contribution in [3.63, 3.8) is 0 Å². The summed E-state index contributed by atoms with van der Waals surface area (Å²) >= 11 is 2.45. The van der Waals surface area contributed by atoms with Crippen LogP contribution in [0.25, 0.3) is 0 Å². The van der Waals surface area contributed by atoms with Gasteiger partial charge in [0.15, 0.2) is 0 Å². The fraction of sp³-hybridized carbons (Fsp3) is 0.692. The normalized spacial score (nSPS) is 11.9. The van der Waals surface area contributed by atoms with Crippen molar-refractivity contribution in [2.24, 2.45) is 0 Å².